The molecule has 1 amide bonds. The Balaban J connectivity index is 1.43. The average Bonchev–Trinajstić information content (AvgIpc) is 3.43. The molecular weight excluding hydrogens is 404 g/mol. The van der Waals surface area contributed by atoms with Gasteiger partial charge in [0.2, 0.25) is 5.91 Å². The van der Waals surface area contributed by atoms with Crippen molar-refractivity contribution in [2.45, 2.75) is 18.5 Å². The number of thioether (sulfide) groups is 1. The molecule has 0 N–H and O–H groups in total. The van der Waals surface area contributed by atoms with Crippen LogP contribution in [0.2, 0.25) is 0 Å². The van der Waals surface area contributed by atoms with Crippen LogP contribution in [0, 0.1) is 6.92 Å². The summed E-state index contributed by atoms with van der Waals surface area (Å²) < 4.78 is 2.03. The van der Waals surface area contributed by atoms with E-state index in [2.05, 4.69) is 47.5 Å². The summed E-state index contributed by atoms with van der Waals surface area (Å²) in [6.07, 6.45) is 0.907. The van der Waals surface area contributed by atoms with Crippen molar-refractivity contribution in [1.82, 2.24) is 14.8 Å². The molecule has 31 heavy (non-hydrogen) atoms. The van der Waals surface area contributed by atoms with E-state index in [1.165, 1.54) is 22.9 Å². The normalized spacial score (nSPS) is 12.7. The fourth-order valence-electron chi connectivity index (χ4n) is 3.86. The average molecular weight is 427 g/mol. The van der Waals surface area contributed by atoms with Gasteiger partial charge < -0.3 is 4.90 Å². The third kappa shape index (κ3) is 3.86. The Morgan fingerprint density at radius 3 is 2.48 bits per heavy atom. The third-order valence-corrected chi connectivity index (χ3v) is 6.38. The highest BCUT2D eigenvalue weighted by Crippen LogP contribution is 2.31. The zero-order valence-corrected chi connectivity index (χ0v) is 18.0. The van der Waals surface area contributed by atoms with Gasteiger partial charge in [-0.1, -0.05) is 78.0 Å². The molecule has 0 saturated heterocycles. The highest BCUT2D eigenvalue weighted by atomic mass is 32.2. The molecule has 0 unspecified atom stereocenters. The Hall–Kier alpha value is -3.38. The summed E-state index contributed by atoms with van der Waals surface area (Å²) in [5, 5.41) is 9.62. The first-order chi connectivity index (χ1) is 15.2. The summed E-state index contributed by atoms with van der Waals surface area (Å²) in [5.41, 5.74) is 5.42. The number of anilines is 1. The van der Waals surface area contributed by atoms with Gasteiger partial charge in [0.1, 0.15) is 0 Å². The molecule has 0 aliphatic carbocycles. The molecule has 0 saturated carbocycles. The molecule has 1 aliphatic rings. The van der Waals surface area contributed by atoms with E-state index in [9.17, 15) is 4.79 Å². The fraction of sp³-hybridized carbons (Fsp3) is 0.160. The lowest BCUT2D eigenvalue weighted by atomic mass is 10.1. The second-order valence-corrected chi connectivity index (χ2v) is 8.50. The predicted molar refractivity (Wildman–Crippen MR) is 125 cm³/mol. The van der Waals surface area contributed by atoms with Crippen LogP contribution in [0.4, 0.5) is 5.69 Å². The van der Waals surface area contributed by atoms with Crippen LogP contribution < -0.4 is 4.90 Å². The van der Waals surface area contributed by atoms with Crippen LogP contribution in [0.15, 0.2) is 84.0 Å². The predicted octanol–water partition coefficient (Wildman–Crippen LogP) is 4.92. The number of para-hydroxylation sites is 2. The van der Waals surface area contributed by atoms with Crippen molar-refractivity contribution in [1.29, 1.82) is 0 Å². The van der Waals surface area contributed by atoms with Crippen molar-refractivity contribution in [3.63, 3.8) is 0 Å². The Labute approximate surface area is 185 Å². The lowest BCUT2D eigenvalue weighted by Crippen LogP contribution is -2.30. The number of carbonyl (C=O) groups is 1. The number of benzene rings is 3. The van der Waals surface area contributed by atoms with Crippen molar-refractivity contribution in [3.05, 3.63) is 90.0 Å². The van der Waals surface area contributed by atoms with Gasteiger partial charge in [-0.2, -0.15) is 0 Å². The number of amides is 1. The first-order valence-corrected chi connectivity index (χ1v) is 11.3. The maximum Gasteiger partial charge on any atom is 0.237 e. The number of hydrogen-bond acceptors (Lipinski definition) is 4. The molecule has 154 valence electrons. The third-order valence-electron chi connectivity index (χ3n) is 5.47. The van der Waals surface area contributed by atoms with Gasteiger partial charge in [-0.15, -0.1) is 10.2 Å². The second kappa shape index (κ2) is 8.40. The van der Waals surface area contributed by atoms with Crippen molar-refractivity contribution < 1.29 is 4.79 Å². The van der Waals surface area contributed by atoms with Gasteiger partial charge in [0, 0.05) is 23.5 Å². The highest BCUT2D eigenvalue weighted by molar-refractivity contribution is 7.99. The summed E-state index contributed by atoms with van der Waals surface area (Å²) in [7, 11) is 0. The molecule has 1 aliphatic heterocycles. The van der Waals surface area contributed by atoms with Gasteiger partial charge in [-0.25, -0.2) is 0 Å². The number of carbonyl (C=O) groups excluding carboxylic acids is 1. The van der Waals surface area contributed by atoms with Gasteiger partial charge in [0.15, 0.2) is 11.0 Å². The maximum absolute atomic E-state index is 13.0. The molecule has 0 bridgehead atoms. The van der Waals surface area contributed by atoms with Crippen LogP contribution >= 0.6 is 11.8 Å². The smallest absolute Gasteiger partial charge is 0.237 e. The standard InChI is InChI=1S/C25H22N4OS/c1-18-11-13-20(14-12-18)24-26-27-25(29(24)21-8-3-2-4-9-21)31-17-23(30)28-16-15-19-7-5-6-10-22(19)28/h2-14H,15-17H2,1H3. The Kier molecular flexibility index (Phi) is 5.30. The summed E-state index contributed by atoms with van der Waals surface area (Å²) >= 11 is 1.43. The SMILES string of the molecule is Cc1ccc(-c2nnc(SCC(=O)N3CCc4ccccc43)n2-c2ccccc2)cc1. The monoisotopic (exact) mass is 426 g/mol. The molecule has 0 radical (unpaired) electrons. The van der Waals surface area contributed by atoms with Crippen LogP contribution in [0.3, 0.4) is 0 Å². The van der Waals surface area contributed by atoms with Crippen molar-refractivity contribution in [2.24, 2.45) is 0 Å². The van der Waals surface area contributed by atoms with E-state index in [4.69, 9.17) is 0 Å². The topological polar surface area (TPSA) is 51.0 Å². The molecule has 1 aromatic heterocycles. The molecule has 0 fully saturated rings. The van der Waals surface area contributed by atoms with Gasteiger partial charge in [0.05, 0.1) is 5.75 Å². The molecule has 6 heteroatoms. The quantitative estimate of drug-likeness (QED) is 0.425. The summed E-state index contributed by atoms with van der Waals surface area (Å²) in [5.74, 6) is 1.18. The first-order valence-electron chi connectivity index (χ1n) is 10.3. The number of nitrogens with zero attached hydrogens (tertiary/aromatic N) is 4. The Morgan fingerprint density at radius 2 is 1.68 bits per heavy atom. The van der Waals surface area contributed by atoms with Crippen LogP contribution in [0.5, 0.6) is 0 Å². The summed E-state index contributed by atoms with van der Waals surface area (Å²) in [6, 6.07) is 26.4. The van der Waals surface area contributed by atoms with E-state index in [1.807, 2.05) is 58.0 Å². The van der Waals surface area contributed by atoms with Gasteiger partial charge in [-0.05, 0) is 37.1 Å². The number of aryl methyl sites for hydroxylation is 1. The van der Waals surface area contributed by atoms with Gasteiger partial charge in [0.25, 0.3) is 0 Å². The largest absolute Gasteiger partial charge is 0.311 e. The van der Waals surface area contributed by atoms with E-state index in [-0.39, 0.29) is 5.91 Å². The maximum atomic E-state index is 13.0. The molecule has 0 spiro atoms. The summed E-state index contributed by atoms with van der Waals surface area (Å²) in [6.45, 7) is 2.80. The minimum absolute atomic E-state index is 0.0921. The van der Waals surface area contributed by atoms with E-state index in [0.717, 1.165) is 35.7 Å². The Morgan fingerprint density at radius 1 is 0.935 bits per heavy atom. The van der Waals surface area contributed by atoms with Gasteiger partial charge >= 0.3 is 0 Å². The summed E-state index contributed by atoms with van der Waals surface area (Å²) in [4.78, 5) is 14.9. The molecule has 5 nitrogen and oxygen atoms in total. The van der Waals surface area contributed by atoms with Crippen molar-refractivity contribution in [3.8, 4) is 17.1 Å². The molecule has 3 aromatic carbocycles. The van der Waals surface area contributed by atoms with Crippen molar-refractivity contribution in [2.75, 3.05) is 17.2 Å². The molecule has 4 aromatic rings. The molecule has 0 atom stereocenters. The molecular formula is C25H22N4OS. The van der Waals surface area contributed by atoms with Crippen LogP contribution in [0.1, 0.15) is 11.1 Å². The van der Waals surface area contributed by atoms with Crippen molar-refractivity contribution >= 4 is 23.4 Å². The Bertz CT molecular complexity index is 1220. The van der Waals surface area contributed by atoms with E-state index < -0.39 is 0 Å². The second-order valence-electron chi connectivity index (χ2n) is 7.56. The zero-order chi connectivity index (χ0) is 21.2. The molecule has 2 heterocycles. The number of fused-ring (bicyclic) bond motifs is 1. The van der Waals surface area contributed by atoms with Crippen LogP contribution in [-0.4, -0.2) is 33.0 Å². The first kappa shape index (κ1) is 19.6. The lowest BCUT2D eigenvalue weighted by Gasteiger charge is -2.17. The fourth-order valence-corrected chi connectivity index (χ4v) is 4.69. The highest BCUT2D eigenvalue weighted by Gasteiger charge is 2.25. The van der Waals surface area contributed by atoms with E-state index in [0.29, 0.717) is 10.9 Å². The molecule has 5 rings (SSSR count). The van der Waals surface area contributed by atoms with E-state index >= 15 is 0 Å². The van der Waals surface area contributed by atoms with E-state index in [1.54, 1.807) is 0 Å². The minimum Gasteiger partial charge on any atom is -0.311 e. The van der Waals surface area contributed by atoms with Gasteiger partial charge in [-0.3, -0.25) is 9.36 Å². The minimum atomic E-state index is 0.0921. The van der Waals surface area contributed by atoms with Crippen LogP contribution in [-0.2, 0) is 11.2 Å². The number of hydrogen-bond donors (Lipinski definition) is 0. The number of rotatable bonds is 5. The number of aromatic nitrogens is 3. The van der Waals surface area contributed by atoms with Crippen LogP contribution in [0.25, 0.3) is 17.1 Å². The zero-order valence-electron chi connectivity index (χ0n) is 17.2. The lowest BCUT2D eigenvalue weighted by molar-refractivity contribution is -0.116.